The second kappa shape index (κ2) is 5.75. The standard InChI is InChI=1S/C6H3Br3O.K.H/c7-3-1-4(8)6(10)5(9)2-3;;/h1-2,10H;;. The van der Waals surface area contributed by atoms with Crippen molar-refractivity contribution < 1.29 is 5.11 Å². The number of rotatable bonds is 0. The summed E-state index contributed by atoms with van der Waals surface area (Å²) in [6.45, 7) is 0. The van der Waals surface area contributed by atoms with Crippen LogP contribution in [0.5, 0.6) is 5.75 Å². The van der Waals surface area contributed by atoms with E-state index in [-0.39, 0.29) is 57.1 Å². The van der Waals surface area contributed by atoms with E-state index in [0.717, 1.165) is 4.47 Å². The van der Waals surface area contributed by atoms with Crippen molar-refractivity contribution in [1.82, 2.24) is 0 Å². The molecule has 0 bridgehead atoms. The molecule has 0 heterocycles. The number of phenolic OH excluding ortho intramolecular Hbond substituents is 1. The van der Waals surface area contributed by atoms with Crippen LogP contribution in [0.15, 0.2) is 25.6 Å². The molecule has 0 saturated carbocycles. The van der Waals surface area contributed by atoms with E-state index in [2.05, 4.69) is 47.8 Å². The molecule has 1 rings (SSSR count). The SMILES string of the molecule is Oc1c(Br)cc(Br)cc1Br.[KH]. The fraction of sp³-hybridized carbons (Fsp3) is 0. The Morgan fingerprint density at radius 1 is 1.00 bits per heavy atom. The normalized spacial score (nSPS) is 9.00. The van der Waals surface area contributed by atoms with Crippen molar-refractivity contribution in [2.75, 3.05) is 0 Å². The van der Waals surface area contributed by atoms with Crippen molar-refractivity contribution in [2.45, 2.75) is 0 Å². The molecule has 0 aliphatic rings. The van der Waals surface area contributed by atoms with E-state index in [1.807, 2.05) is 0 Å². The molecule has 5 heteroatoms. The maximum atomic E-state index is 9.22. The van der Waals surface area contributed by atoms with Crippen LogP contribution in [0.1, 0.15) is 0 Å². The second-order valence-electron chi connectivity index (χ2n) is 1.72. The van der Waals surface area contributed by atoms with E-state index in [0.29, 0.717) is 8.95 Å². The van der Waals surface area contributed by atoms with E-state index < -0.39 is 0 Å². The molecule has 0 radical (unpaired) electrons. The van der Waals surface area contributed by atoms with Crippen LogP contribution in [0, 0.1) is 0 Å². The Bertz CT molecular complexity index is 241. The van der Waals surface area contributed by atoms with E-state index >= 15 is 0 Å². The number of aromatic hydroxyl groups is 1. The van der Waals surface area contributed by atoms with Crippen molar-refractivity contribution >= 4 is 99.2 Å². The summed E-state index contributed by atoms with van der Waals surface area (Å²) in [5, 5.41) is 9.22. The Kier molecular flexibility index (Phi) is 6.84. The third-order valence-electron chi connectivity index (χ3n) is 0.982. The summed E-state index contributed by atoms with van der Waals surface area (Å²) >= 11 is 9.65. The summed E-state index contributed by atoms with van der Waals surface area (Å²) in [6.07, 6.45) is 0. The van der Waals surface area contributed by atoms with Crippen molar-refractivity contribution in [3.8, 4) is 5.75 Å². The molecule has 0 atom stereocenters. The molecule has 1 N–H and O–H groups in total. The summed E-state index contributed by atoms with van der Waals surface area (Å²) in [6, 6.07) is 3.56. The van der Waals surface area contributed by atoms with E-state index in [1.54, 1.807) is 12.1 Å². The molecule has 0 aromatic heterocycles. The zero-order valence-corrected chi connectivity index (χ0v) is 9.49. The molecule has 56 valence electrons. The minimum atomic E-state index is 0. The molecule has 0 fully saturated rings. The van der Waals surface area contributed by atoms with Crippen LogP contribution in [-0.4, -0.2) is 56.5 Å². The number of hydrogen-bond acceptors (Lipinski definition) is 1. The molecule has 0 saturated heterocycles. The van der Waals surface area contributed by atoms with Crippen LogP contribution in [0.4, 0.5) is 0 Å². The fourth-order valence-corrected chi connectivity index (χ4v) is 2.79. The average Bonchev–Trinajstić information content (AvgIpc) is 1.82. The van der Waals surface area contributed by atoms with Gasteiger partial charge in [0.2, 0.25) is 0 Å². The van der Waals surface area contributed by atoms with Gasteiger partial charge in [0.25, 0.3) is 0 Å². The average molecular weight is 371 g/mol. The van der Waals surface area contributed by atoms with Gasteiger partial charge in [-0.2, -0.15) is 0 Å². The molecular weight excluding hydrogens is 367 g/mol. The van der Waals surface area contributed by atoms with Gasteiger partial charge in [-0.3, -0.25) is 0 Å². The zero-order valence-electron chi connectivity index (χ0n) is 4.74. The predicted molar refractivity (Wildman–Crippen MR) is 58.4 cm³/mol. The summed E-state index contributed by atoms with van der Waals surface area (Å²) < 4.78 is 2.27. The first-order valence-corrected chi connectivity index (χ1v) is 4.82. The van der Waals surface area contributed by atoms with Crippen LogP contribution in [-0.2, 0) is 0 Å². The number of benzene rings is 1. The fourth-order valence-electron chi connectivity index (χ4n) is 0.535. The van der Waals surface area contributed by atoms with Crippen LogP contribution in [0.25, 0.3) is 0 Å². The first-order valence-electron chi connectivity index (χ1n) is 2.45. The topological polar surface area (TPSA) is 20.2 Å². The summed E-state index contributed by atoms with van der Waals surface area (Å²) in [5.41, 5.74) is 0. The Morgan fingerprint density at radius 2 is 1.36 bits per heavy atom. The van der Waals surface area contributed by atoms with Crippen molar-refractivity contribution in [3.63, 3.8) is 0 Å². The second-order valence-corrected chi connectivity index (χ2v) is 4.34. The van der Waals surface area contributed by atoms with Crippen molar-refractivity contribution in [2.24, 2.45) is 0 Å². The van der Waals surface area contributed by atoms with Crippen LogP contribution < -0.4 is 0 Å². The zero-order chi connectivity index (χ0) is 7.72. The van der Waals surface area contributed by atoms with E-state index in [9.17, 15) is 5.11 Å². The predicted octanol–water partition coefficient (Wildman–Crippen LogP) is 3.03. The van der Waals surface area contributed by atoms with Gasteiger partial charge in [-0.25, -0.2) is 0 Å². The van der Waals surface area contributed by atoms with Gasteiger partial charge in [-0.1, -0.05) is 15.9 Å². The van der Waals surface area contributed by atoms with Gasteiger partial charge in [0.05, 0.1) is 8.95 Å². The van der Waals surface area contributed by atoms with Gasteiger partial charge in [0.1, 0.15) is 5.75 Å². The summed E-state index contributed by atoms with van der Waals surface area (Å²) in [4.78, 5) is 0. The molecule has 0 aliphatic heterocycles. The Balaban J connectivity index is 0.000001000. The Morgan fingerprint density at radius 3 is 1.73 bits per heavy atom. The molecular formula is C6H4Br3KO. The van der Waals surface area contributed by atoms with Gasteiger partial charge >= 0.3 is 51.4 Å². The molecule has 1 aromatic carbocycles. The summed E-state index contributed by atoms with van der Waals surface area (Å²) in [7, 11) is 0. The quantitative estimate of drug-likeness (QED) is 0.696. The minimum absolute atomic E-state index is 0. The van der Waals surface area contributed by atoms with Crippen LogP contribution in [0.3, 0.4) is 0 Å². The van der Waals surface area contributed by atoms with Crippen molar-refractivity contribution in [3.05, 3.63) is 25.6 Å². The van der Waals surface area contributed by atoms with Gasteiger partial charge in [-0.15, -0.1) is 0 Å². The molecule has 11 heavy (non-hydrogen) atoms. The first kappa shape index (κ1) is 13.1. The van der Waals surface area contributed by atoms with Gasteiger partial charge in [0.15, 0.2) is 0 Å². The molecule has 0 aliphatic carbocycles. The summed E-state index contributed by atoms with van der Waals surface area (Å²) in [5.74, 6) is 0.225. The van der Waals surface area contributed by atoms with Gasteiger partial charge in [-0.05, 0) is 44.0 Å². The molecule has 1 nitrogen and oxygen atoms in total. The van der Waals surface area contributed by atoms with E-state index in [1.165, 1.54) is 0 Å². The van der Waals surface area contributed by atoms with Gasteiger partial charge < -0.3 is 5.11 Å². The van der Waals surface area contributed by atoms with Crippen LogP contribution >= 0.6 is 47.8 Å². The number of hydrogen-bond donors (Lipinski definition) is 1. The molecule has 0 spiro atoms. The van der Waals surface area contributed by atoms with Gasteiger partial charge in [0, 0.05) is 4.47 Å². The molecule has 0 amide bonds. The number of phenols is 1. The third kappa shape index (κ3) is 3.77. The Labute approximate surface area is 133 Å². The maximum absolute atomic E-state index is 9.22. The third-order valence-corrected chi connectivity index (χ3v) is 2.65. The van der Waals surface area contributed by atoms with Crippen LogP contribution in [0.2, 0.25) is 0 Å². The number of halogens is 3. The first-order chi connectivity index (χ1) is 4.61. The van der Waals surface area contributed by atoms with Crippen molar-refractivity contribution in [1.29, 1.82) is 0 Å². The monoisotopic (exact) mass is 368 g/mol. The molecule has 1 aromatic rings. The molecule has 0 unspecified atom stereocenters. The Hall–Kier alpha value is 2.10. The van der Waals surface area contributed by atoms with E-state index in [4.69, 9.17) is 0 Å².